The topological polar surface area (TPSA) is 77.9 Å². The number of urea groups is 1. The Bertz CT molecular complexity index is 1100. The third-order valence-electron chi connectivity index (χ3n) is 6.43. The van der Waals surface area contributed by atoms with Gasteiger partial charge < -0.3 is 20.1 Å². The summed E-state index contributed by atoms with van der Waals surface area (Å²) in [7, 11) is 3.72. The molecule has 0 aliphatic rings. The molecule has 0 bridgehead atoms. The number of ether oxygens (including phenoxy) is 1. The van der Waals surface area contributed by atoms with Crippen LogP contribution in [-0.4, -0.2) is 71.9 Å². The van der Waals surface area contributed by atoms with E-state index in [-0.39, 0.29) is 30.5 Å². The summed E-state index contributed by atoms with van der Waals surface area (Å²) < 4.78 is 19.0. The Balaban J connectivity index is 1.59. The molecule has 8 heteroatoms. The molecule has 7 nitrogen and oxygen atoms in total. The standard InChI is InChI=1S/C29H37FN4O3/c1-21(17-34(22(2)20-35)29(36)32-26-14-12-25(30)13-15-26)28(37-4)19-33(3)18-23-8-10-24(11-9-23)27-7-5-6-16-31-27/h5-16,21-22,28,35H,17-20H2,1-4H3,(H,32,36)/t21-,22-,28-/m1/s1. The summed E-state index contributed by atoms with van der Waals surface area (Å²) >= 11 is 0. The number of methoxy groups -OCH3 is 1. The van der Waals surface area contributed by atoms with Crippen LogP contribution in [0.2, 0.25) is 0 Å². The molecule has 0 fully saturated rings. The summed E-state index contributed by atoms with van der Waals surface area (Å²) in [6.45, 7) is 5.46. The summed E-state index contributed by atoms with van der Waals surface area (Å²) in [4.78, 5) is 21.2. The zero-order chi connectivity index (χ0) is 26.8. The molecular weight excluding hydrogens is 471 g/mol. The van der Waals surface area contributed by atoms with E-state index < -0.39 is 6.04 Å². The number of pyridine rings is 1. The number of amides is 2. The highest BCUT2D eigenvalue weighted by molar-refractivity contribution is 5.89. The average Bonchev–Trinajstić information content (AvgIpc) is 2.92. The molecule has 0 saturated carbocycles. The summed E-state index contributed by atoms with van der Waals surface area (Å²) in [6, 6.07) is 19.1. The van der Waals surface area contributed by atoms with E-state index in [0.29, 0.717) is 18.8 Å². The number of halogens is 1. The maximum Gasteiger partial charge on any atom is 0.322 e. The number of aromatic nitrogens is 1. The molecule has 3 aromatic rings. The Labute approximate surface area is 218 Å². The molecule has 1 aromatic heterocycles. The predicted molar refractivity (Wildman–Crippen MR) is 145 cm³/mol. The maximum absolute atomic E-state index is 13.2. The van der Waals surface area contributed by atoms with Crippen LogP contribution in [0.1, 0.15) is 19.4 Å². The van der Waals surface area contributed by atoms with E-state index >= 15 is 0 Å². The van der Waals surface area contributed by atoms with Crippen LogP contribution < -0.4 is 5.32 Å². The number of anilines is 1. The molecule has 0 aliphatic heterocycles. The van der Waals surface area contributed by atoms with Gasteiger partial charge in [-0.15, -0.1) is 0 Å². The maximum atomic E-state index is 13.2. The van der Waals surface area contributed by atoms with Crippen LogP contribution in [0.25, 0.3) is 11.3 Å². The molecule has 3 atom stereocenters. The fourth-order valence-electron chi connectivity index (χ4n) is 4.20. The third kappa shape index (κ3) is 8.35. The van der Waals surface area contributed by atoms with E-state index in [2.05, 4.69) is 39.5 Å². The lowest BCUT2D eigenvalue weighted by atomic mass is 10.0. The molecule has 37 heavy (non-hydrogen) atoms. The molecular formula is C29H37FN4O3. The van der Waals surface area contributed by atoms with E-state index in [1.54, 1.807) is 25.1 Å². The fraction of sp³-hybridized carbons (Fsp3) is 0.379. The van der Waals surface area contributed by atoms with Crippen LogP contribution in [0.3, 0.4) is 0 Å². The van der Waals surface area contributed by atoms with E-state index in [0.717, 1.165) is 17.8 Å². The highest BCUT2D eigenvalue weighted by Crippen LogP contribution is 2.19. The first-order chi connectivity index (χ1) is 17.8. The zero-order valence-electron chi connectivity index (χ0n) is 22.0. The molecule has 198 valence electrons. The second-order valence-electron chi connectivity index (χ2n) is 9.48. The van der Waals surface area contributed by atoms with E-state index in [4.69, 9.17) is 4.74 Å². The highest BCUT2D eigenvalue weighted by Gasteiger charge is 2.27. The van der Waals surface area contributed by atoms with Crippen molar-refractivity contribution in [3.8, 4) is 11.3 Å². The summed E-state index contributed by atoms with van der Waals surface area (Å²) in [5, 5.41) is 12.5. The molecule has 3 rings (SSSR count). The van der Waals surface area contributed by atoms with Gasteiger partial charge in [0.2, 0.25) is 0 Å². The van der Waals surface area contributed by atoms with E-state index in [1.807, 2.05) is 32.2 Å². The van der Waals surface area contributed by atoms with Crippen molar-refractivity contribution in [2.45, 2.75) is 32.5 Å². The van der Waals surface area contributed by atoms with E-state index in [1.165, 1.54) is 29.8 Å². The summed E-state index contributed by atoms with van der Waals surface area (Å²) in [6.07, 6.45) is 1.66. The first-order valence-corrected chi connectivity index (χ1v) is 12.5. The molecule has 1 heterocycles. The number of carbonyl (C=O) groups excluding carboxylic acids is 1. The van der Waals surface area contributed by atoms with Crippen molar-refractivity contribution in [1.29, 1.82) is 0 Å². The number of likely N-dealkylation sites (N-methyl/N-ethyl adjacent to an activating group) is 1. The van der Waals surface area contributed by atoms with Gasteiger partial charge in [-0.05, 0) is 55.9 Å². The van der Waals surface area contributed by atoms with Crippen molar-refractivity contribution in [3.63, 3.8) is 0 Å². The normalized spacial score (nSPS) is 13.7. The number of nitrogens with zero attached hydrogens (tertiary/aromatic N) is 3. The van der Waals surface area contributed by atoms with Crippen molar-refractivity contribution in [1.82, 2.24) is 14.8 Å². The highest BCUT2D eigenvalue weighted by atomic mass is 19.1. The number of rotatable bonds is 12. The second-order valence-corrected chi connectivity index (χ2v) is 9.48. The molecule has 0 saturated heterocycles. The van der Waals surface area contributed by atoms with E-state index in [9.17, 15) is 14.3 Å². The van der Waals surface area contributed by atoms with Crippen LogP contribution in [0.15, 0.2) is 72.9 Å². The Morgan fingerprint density at radius 3 is 2.35 bits per heavy atom. The van der Waals surface area contributed by atoms with Gasteiger partial charge in [-0.1, -0.05) is 37.3 Å². The number of aliphatic hydroxyl groups is 1. The first-order valence-electron chi connectivity index (χ1n) is 12.5. The molecule has 0 spiro atoms. The van der Waals surface area contributed by atoms with Crippen LogP contribution in [-0.2, 0) is 11.3 Å². The van der Waals surface area contributed by atoms with Gasteiger partial charge in [-0.2, -0.15) is 0 Å². The Morgan fingerprint density at radius 1 is 1.05 bits per heavy atom. The van der Waals surface area contributed by atoms with Crippen LogP contribution >= 0.6 is 0 Å². The molecule has 0 aliphatic carbocycles. The van der Waals surface area contributed by atoms with Crippen LogP contribution in [0.4, 0.5) is 14.9 Å². The Morgan fingerprint density at radius 2 is 1.76 bits per heavy atom. The van der Waals surface area contributed by atoms with Crippen LogP contribution in [0.5, 0.6) is 0 Å². The molecule has 2 aromatic carbocycles. The monoisotopic (exact) mass is 508 g/mol. The lowest BCUT2D eigenvalue weighted by Crippen LogP contribution is -2.48. The second kappa shape index (κ2) is 13.8. The Kier molecular flexibility index (Phi) is 10.6. The van der Waals surface area contributed by atoms with Crippen LogP contribution in [0, 0.1) is 11.7 Å². The average molecular weight is 509 g/mol. The zero-order valence-corrected chi connectivity index (χ0v) is 22.0. The van der Waals surface area contributed by atoms with Crippen molar-refractivity contribution in [3.05, 3.63) is 84.3 Å². The number of carbonyl (C=O) groups is 1. The molecule has 2 N–H and O–H groups in total. The number of hydrogen-bond donors (Lipinski definition) is 2. The summed E-state index contributed by atoms with van der Waals surface area (Å²) in [5.41, 5.74) is 3.69. The third-order valence-corrected chi connectivity index (χ3v) is 6.43. The summed E-state index contributed by atoms with van der Waals surface area (Å²) in [5.74, 6) is -0.379. The van der Waals surface area contributed by atoms with Crippen molar-refractivity contribution in [2.75, 3.05) is 39.2 Å². The Hall–Kier alpha value is -3.33. The van der Waals surface area contributed by atoms with Gasteiger partial charge >= 0.3 is 6.03 Å². The number of hydrogen-bond acceptors (Lipinski definition) is 5. The first kappa shape index (κ1) is 28.2. The van der Waals surface area contributed by atoms with Gasteiger partial charge in [0, 0.05) is 50.1 Å². The predicted octanol–water partition coefficient (Wildman–Crippen LogP) is 4.89. The van der Waals surface area contributed by atoms with Gasteiger partial charge in [0.15, 0.2) is 0 Å². The van der Waals surface area contributed by atoms with Crippen molar-refractivity contribution < 1.29 is 19.0 Å². The van der Waals surface area contributed by atoms with Crippen molar-refractivity contribution >= 4 is 11.7 Å². The minimum absolute atomic E-state index is 0.00745. The smallest absolute Gasteiger partial charge is 0.322 e. The molecule has 0 radical (unpaired) electrons. The quantitative estimate of drug-likeness (QED) is 0.364. The number of nitrogens with one attached hydrogen (secondary N) is 1. The van der Waals surface area contributed by atoms with Gasteiger partial charge in [0.05, 0.1) is 24.4 Å². The largest absolute Gasteiger partial charge is 0.394 e. The van der Waals surface area contributed by atoms with Gasteiger partial charge in [0.1, 0.15) is 5.82 Å². The fourth-order valence-corrected chi connectivity index (χ4v) is 4.20. The lowest BCUT2D eigenvalue weighted by Gasteiger charge is -2.34. The minimum atomic E-state index is -0.393. The van der Waals surface area contributed by atoms with Gasteiger partial charge in [0.25, 0.3) is 0 Å². The van der Waals surface area contributed by atoms with Crippen molar-refractivity contribution in [2.24, 2.45) is 5.92 Å². The number of aliphatic hydroxyl groups excluding tert-OH is 1. The SMILES string of the molecule is CO[C@H](CN(C)Cc1ccc(-c2ccccn2)cc1)[C@H](C)CN(C(=O)Nc1ccc(F)cc1)[C@H](C)CO. The minimum Gasteiger partial charge on any atom is -0.394 e. The van der Waals surface area contributed by atoms with Gasteiger partial charge in [-0.25, -0.2) is 9.18 Å². The molecule has 0 unspecified atom stereocenters. The van der Waals surface area contributed by atoms with Gasteiger partial charge in [-0.3, -0.25) is 9.88 Å². The lowest BCUT2D eigenvalue weighted by molar-refractivity contribution is 0.0177. The molecule has 2 amide bonds. The number of benzene rings is 2.